The van der Waals surface area contributed by atoms with Gasteiger partial charge in [-0.15, -0.1) is 0 Å². The van der Waals surface area contributed by atoms with Crippen LogP contribution in [0.3, 0.4) is 0 Å². The Morgan fingerprint density at radius 2 is 2.18 bits per heavy atom. The van der Waals surface area contributed by atoms with E-state index in [-0.39, 0.29) is 5.78 Å². The molecule has 0 N–H and O–H groups in total. The fourth-order valence-electron chi connectivity index (χ4n) is 0.705. The van der Waals surface area contributed by atoms with Crippen LogP contribution in [0.5, 0.6) is 0 Å². The number of carbonyl (C=O) groups excluding carboxylic acids is 2. The number of aryl methyl sites for hydroxylation is 1. The first kappa shape index (κ1) is 9.55. The number of aromatic nitrogens is 2. The highest BCUT2D eigenvalue weighted by molar-refractivity contribution is 5.90. The highest BCUT2D eigenvalue weighted by Crippen LogP contribution is 1.93. The number of imidazole rings is 1. The summed E-state index contributed by atoms with van der Waals surface area (Å²) in [5, 5.41) is 0. The molecule has 0 amide bonds. The molecule has 4 heteroatoms. The van der Waals surface area contributed by atoms with Gasteiger partial charge in [-0.2, -0.15) is 0 Å². The molecule has 0 atom stereocenters. The van der Waals surface area contributed by atoms with Crippen molar-refractivity contribution in [3.05, 3.63) is 18.2 Å². The van der Waals surface area contributed by atoms with Crippen molar-refractivity contribution in [1.82, 2.24) is 9.55 Å². The molecular weight excluding hydrogens is 144 g/mol. The minimum absolute atomic E-state index is 0.00231. The van der Waals surface area contributed by atoms with Gasteiger partial charge in [0.05, 0.1) is 0 Å². The lowest BCUT2D eigenvalue weighted by Gasteiger charge is -1.92. The molecule has 0 aromatic carbocycles. The van der Waals surface area contributed by atoms with Crippen molar-refractivity contribution in [1.29, 1.82) is 0 Å². The van der Waals surface area contributed by atoms with E-state index >= 15 is 0 Å². The summed E-state index contributed by atoms with van der Waals surface area (Å²) in [5.41, 5.74) is 0. The fourth-order valence-corrected chi connectivity index (χ4v) is 0.705. The van der Waals surface area contributed by atoms with Gasteiger partial charge in [-0.05, 0) is 0 Å². The summed E-state index contributed by atoms with van der Waals surface area (Å²) in [6, 6.07) is 0. The van der Waals surface area contributed by atoms with Crippen LogP contribution in [0.1, 0.15) is 17.5 Å². The largest absolute Gasteiger partial charge is 0.332 e. The van der Waals surface area contributed by atoms with Crippen molar-refractivity contribution < 1.29 is 9.59 Å². The van der Waals surface area contributed by atoms with Gasteiger partial charge in [0.15, 0.2) is 11.6 Å². The number of nitrogens with zero attached hydrogens (tertiary/aromatic N) is 2. The smallest absolute Gasteiger partial charge is 0.195 e. The van der Waals surface area contributed by atoms with Crippen molar-refractivity contribution in [2.45, 2.75) is 6.92 Å². The van der Waals surface area contributed by atoms with Crippen LogP contribution in [0.4, 0.5) is 0 Å². The van der Waals surface area contributed by atoms with Crippen LogP contribution in [-0.2, 0) is 11.8 Å². The second-order valence-corrected chi connectivity index (χ2v) is 1.92. The first-order chi connectivity index (χ1) is 5.22. The summed E-state index contributed by atoms with van der Waals surface area (Å²) >= 11 is 0. The summed E-state index contributed by atoms with van der Waals surface area (Å²) in [7, 11) is 1.80. The zero-order valence-electron chi connectivity index (χ0n) is 6.57. The van der Waals surface area contributed by atoms with Gasteiger partial charge in [0, 0.05) is 26.4 Å². The standard InChI is InChI=1S/C6H8N2O.CH2O/c1-5(9)6-7-3-4-8(6)2;1-2/h3-4H,1-2H3;1H2. The Kier molecular flexibility index (Phi) is 3.80. The van der Waals surface area contributed by atoms with E-state index in [1.165, 1.54) is 6.92 Å². The zero-order chi connectivity index (χ0) is 8.85. The predicted octanol–water partition coefficient (Wildman–Crippen LogP) is 0.438. The maximum absolute atomic E-state index is 10.6. The van der Waals surface area contributed by atoms with E-state index in [1.807, 2.05) is 6.79 Å². The van der Waals surface area contributed by atoms with E-state index in [4.69, 9.17) is 4.79 Å². The van der Waals surface area contributed by atoms with Gasteiger partial charge in [-0.3, -0.25) is 4.79 Å². The molecule has 0 fully saturated rings. The normalized spacial score (nSPS) is 8.18. The lowest BCUT2D eigenvalue weighted by Crippen LogP contribution is -2.01. The molecule has 0 unspecified atom stereocenters. The molecule has 1 aromatic rings. The van der Waals surface area contributed by atoms with E-state index in [0.717, 1.165) is 0 Å². The van der Waals surface area contributed by atoms with Gasteiger partial charge in [0.25, 0.3) is 0 Å². The Morgan fingerprint density at radius 3 is 2.36 bits per heavy atom. The number of hydrogen-bond acceptors (Lipinski definition) is 3. The number of Topliss-reactive ketones (excluding diaryl/α,β-unsaturated/α-hetero) is 1. The first-order valence-electron chi connectivity index (χ1n) is 2.99. The first-order valence-corrected chi connectivity index (χ1v) is 2.99. The number of hydrogen-bond donors (Lipinski definition) is 0. The van der Waals surface area contributed by atoms with E-state index in [9.17, 15) is 4.79 Å². The number of rotatable bonds is 1. The highest BCUT2D eigenvalue weighted by Gasteiger charge is 2.01. The number of carbonyl (C=O) groups is 2. The van der Waals surface area contributed by atoms with E-state index in [2.05, 4.69) is 4.98 Å². The Balaban J connectivity index is 0.000000461. The fraction of sp³-hybridized carbons (Fsp3) is 0.286. The molecule has 0 saturated carbocycles. The summed E-state index contributed by atoms with van der Waals surface area (Å²) < 4.78 is 1.70. The quantitative estimate of drug-likeness (QED) is 0.551. The maximum Gasteiger partial charge on any atom is 0.195 e. The monoisotopic (exact) mass is 154 g/mol. The lowest BCUT2D eigenvalue weighted by molar-refractivity contribution is -0.0979. The van der Waals surface area contributed by atoms with Crippen LogP contribution >= 0.6 is 0 Å². The Hall–Kier alpha value is -1.45. The second kappa shape index (κ2) is 4.38. The van der Waals surface area contributed by atoms with Crippen molar-refractivity contribution >= 4 is 12.6 Å². The average molecular weight is 154 g/mol. The third-order valence-corrected chi connectivity index (χ3v) is 1.14. The zero-order valence-corrected chi connectivity index (χ0v) is 6.57. The molecule has 0 aliphatic rings. The maximum atomic E-state index is 10.6. The van der Waals surface area contributed by atoms with Gasteiger partial charge in [-0.1, -0.05) is 0 Å². The van der Waals surface area contributed by atoms with Crippen molar-refractivity contribution in [3.63, 3.8) is 0 Å². The molecule has 1 rings (SSSR count). The molecule has 0 radical (unpaired) electrons. The van der Waals surface area contributed by atoms with E-state index in [1.54, 1.807) is 24.0 Å². The second-order valence-electron chi connectivity index (χ2n) is 1.92. The molecule has 0 aliphatic heterocycles. The van der Waals surface area contributed by atoms with Crippen LogP contribution in [0.15, 0.2) is 12.4 Å². The Labute approximate surface area is 64.9 Å². The van der Waals surface area contributed by atoms with Crippen LogP contribution < -0.4 is 0 Å². The molecule has 1 heterocycles. The third kappa shape index (κ3) is 2.33. The summed E-state index contributed by atoms with van der Waals surface area (Å²) in [6.07, 6.45) is 3.35. The Morgan fingerprint density at radius 1 is 1.64 bits per heavy atom. The summed E-state index contributed by atoms with van der Waals surface area (Å²) in [6.45, 7) is 3.50. The molecule has 60 valence electrons. The summed E-state index contributed by atoms with van der Waals surface area (Å²) in [5.74, 6) is 0.512. The summed E-state index contributed by atoms with van der Waals surface area (Å²) in [4.78, 5) is 22.5. The van der Waals surface area contributed by atoms with Gasteiger partial charge >= 0.3 is 0 Å². The minimum Gasteiger partial charge on any atom is -0.332 e. The topological polar surface area (TPSA) is 52.0 Å². The third-order valence-electron chi connectivity index (χ3n) is 1.14. The van der Waals surface area contributed by atoms with Crippen LogP contribution in [-0.4, -0.2) is 22.1 Å². The molecule has 4 nitrogen and oxygen atoms in total. The van der Waals surface area contributed by atoms with Gasteiger partial charge in [0.2, 0.25) is 0 Å². The van der Waals surface area contributed by atoms with Crippen molar-refractivity contribution in [2.75, 3.05) is 0 Å². The molecule has 0 aliphatic carbocycles. The molecule has 11 heavy (non-hydrogen) atoms. The van der Waals surface area contributed by atoms with E-state index in [0.29, 0.717) is 5.82 Å². The SMILES string of the molecule is C=O.CC(=O)c1nccn1C. The number of ketones is 1. The molecular formula is C7H10N2O2. The molecule has 1 aromatic heterocycles. The van der Waals surface area contributed by atoms with Gasteiger partial charge in [0.1, 0.15) is 6.79 Å². The van der Waals surface area contributed by atoms with E-state index < -0.39 is 0 Å². The average Bonchev–Trinajstić information content (AvgIpc) is 2.39. The van der Waals surface area contributed by atoms with Crippen molar-refractivity contribution in [2.24, 2.45) is 7.05 Å². The van der Waals surface area contributed by atoms with Crippen LogP contribution in [0.25, 0.3) is 0 Å². The highest BCUT2D eigenvalue weighted by atomic mass is 16.1. The van der Waals surface area contributed by atoms with Crippen LogP contribution in [0.2, 0.25) is 0 Å². The predicted molar refractivity (Wildman–Crippen MR) is 40.3 cm³/mol. The van der Waals surface area contributed by atoms with Crippen LogP contribution in [0, 0.1) is 0 Å². The molecule has 0 spiro atoms. The lowest BCUT2D eigenvalue weighted by atomic mass is 10.4. The molecule has 0 saturated heterocycles. The van der Waals surface area contributed by atoms with Gasteiger partial charge in [-0.25, -0.2) is 4.98 Å². The van der Waals surface area contributed by atoms with Crippen molar-refractivity contribution in [3.8, 4) is 0 Å². The van der Waals surface area contributed by atoms with Gasteiger partial charge < -0.3 is 9.36 Å². The Bertz CT molecular complexity index is 242. The minimum atomic E-state index is 0.00231. The molecule has 0 bridgehead atoms.